The zero-order valence-electron chi connectivity index (χ0n) is 15.4. The third-order valence-corrected chi connectivity index (χ3v) is 4.75. The van der Waals surface area contributed by atoms with Crippen LogP contribution < -0.4 is 5.32 Å². The molecule has 1 aliphatic heterocycles. The summed E-state index contributed by atoms with van der Waals surface area (Å²) < 4.78 is 0. The highest BCUT2D eigenvalue weighted by Crippen LogP contribution is 2.16. The molecule has 1 N–H and O–H groups in total. The lowest BCUT2D eigenvalue weighted by Crippen LogP contribution is -2.48. The van der Waals surface area contributed by atoms with E-state index in [1.54, 1.807) is 15.9 Å². The minimum absolute atomic E-state index is 0.164. The van der Waals surface area contributed by atoms with Crippen LogP contribution in [0.15, 0.2) is 36.5 Å². The van der Waals surface area contributed by atoms with Gasteiger partial charge in [0.15, 0.2) is 0 Å². The number of hydrogen-bond donors (Lipinski definition) is 1. The first kappa shape index (κ1) is 18.6. The first-order chi connectivity index (χ1) is 13.0. The van der Waals surface area contributed by atoms with E-state index in [0.717, 1.165) is 17.5 Å². The highest BCUT2D eigenvalue weighted by atomic mass is 16.2. The van der Waals surface area contributed by atoms with Gasteiger partial charge in [0.1, 0.15) is 5.69 Å². The van der Waals surface area contributed by atoms with Gasteiger partial charge in [-0.1, -0.05) is 6.07 Å². The van der Waals surface area contributed by atoms with E-state index >= 15 is 0 Å². The van der Waals surface area contributed by atoms with Crippen LogP contribution in [-0.2, 0) is 4.79 Å². The van der Waals surface area contributed by atoms with Gasteiger partial charge in [0.05, 0.1) is 0 Å². The molecular formula is C20H22N4O3. The Kier molecular flexibility index (Phi) is 5.49. The molecular weight excluding hydrogens is 344 g/mol. The van der Waals surface area contributed by atoms with Crippen LogP contribution in [-0.4, -0.2) is 59.2 Å². The fourth-order valence-electron chi connectivity index (χ4n) is 2.92. The van der Waals surface area contributed by atoms with Crippen LogP contribution in [0.3, 0.4) is 0 Å². The zero-order valence-corrected chi connectivity index (χ0v) is 15.4. The van der Waals surface area contributed by atoms with Gasteiger partial charge in [0, 0.05) is 43.6 Å². The number of anilines is 1. The number of amides is 3. The highest BCUT2D eigenvalue weighted by Gasteiger charge is 2.22. The molecule has 0 spiro atoms. The summed E-state index contributed by atoms with van der Waals surface area (Å²) in [6.45, 7) is 5.97. The maximum Gasteiger partial charge on any atom is 0.274 e. The standard InChI is InChI=1S/C20H22N4O3/c1-14-3-4-17(11-15(14)2)22-19(26)18-12-16(5-6-21-18)20(27)24-9-7-23(13-25)8-10-24/h3-6,11-13H,7-10H2,1-2H3,(H,22,26). The molecule has 1 aliphatic rings. The lowest BCUT2D eigenvalue weighted by Gasteiger charge is -2.32. The second-order valence-electron chi connectivity index (χ2n) is 6.62. The van der Waals surface area contributed by atoms with Crippen LogP contribution in [0.4, 0.5) is 5.69 Å². The second-order valence-corrected chi connectivity index (χ2v) is 6.62. The number of pyridine rings is 1. The normalized spacial score (nSPS) is 14.0. The van der Waals surface area contributed by atoms with Crippen LogP contribution >= 0.6 is 0 Å². The van der Waals surface area contributed by atoms with Gasteiger partial charge >= 0.3 is 0 Å². The Balaban J connectivity index is 1.71. The van der Waals surface area contributed by atoms with Gasteiger partial charge in [-0.05, 0) is 49.2 Å². The molecule has 3 amide bonds. The number of rotatable bonds is 4. The minimum Gasteiger partial charge on any atom is -0.342 e. The lowest BCUT2D eigenvalue weighted by molar-refractivity contribution is -0.119. The zero-order chi connectivity index (χ0) is 19.4. The molecule has 7 heteroatoms. The van der Waals surface area contributed by atoms with Crippen LogP contribution in [0.25, 0.3) is 0 Å². The third-order valence-electron chi connectivity index (χ3n) is 4.75. The van der Waals surface area contributed by atoms with Crippen molar-refractivity contribution in [2.24, 2.45) is 0 Å². The van der Waals surface area contributed by atoms with Crippen molar-refractivity contribution in [1.82, 2.24) is 14.8 Å². The topological polar surface area (TPSA) is 82.6 Å². The molecule has 2 heterocycles. The van der Waals surface area contributed by atoms with E-state index in [9.17, 15) is 14.4 Å². The third kappa shape index (κ3) is 4.31. The van der Waals surface area contributed by atoms with Crippen LogP contribution in [0.5, 0.6) is 0 Å². The molecule has 2 aromatic rings. The molecule has 0 unspecified atom stereocenters. The van der Waals surface area contributed by atoms with Crippen molar-refractivity contribution in [2.45, 2.75) is 13.8 Å². The van der Waals surface area contributed by atoms with Gasteiger partial charge in [-0.2, -0.15) is 0 Å². The summed E-state index contributed by atoms with van der Waals surface area (Å²) in [6.07, 6.45) is 2.26. The van der Waals surface area contributed by atoms with Gasteiger partial charge in [0.25, 0.3) is 11.8 Å². The van der Waals surface area contributed by atoms with Crippen molar-refractivity contribution in [2.75, 3.05) is 31.5 Å². The summed E-state index contributed by atoms with van der Waals surface area (Å²) in [5.41, 5.74) is 3.51. The Morgan fingerprint density at radius 3 is 2.44 bits per heavy atom. The van der Waals surface area contributed by atoms with Crippen molar-refractivity contribution >= 4 is 23.9 Å². The average Bonchev–Trinajstić information content (AvgIpc) is 2.70. The number of hydrogen-bond acceptors (Lipinski definition) is 4. The number of aromatic nitrogens is 1. The van der Waals surface area contributed by atoms with Crippen molar-refractivity contribution in [3.63, 3.8) is 0 Å². The van der Waals surface area contributed by atoms with Gasteiger partial charge in [0.2, 0.25) is 6.41 Å². The molecule has 3 rings (SSSR count). The van der Waals surface area contributed by atoms with Crippen molar-refractivity contribution in [3.8, 4) is 0 Å². The van der Waals surface area contributed by atoms with Gasteiger partial charge in [-0.3, -0.25) is 19.4 Å². The second kappa shape index (κ2) is 7.99. The van der Waals surface area contributed by atoms with E-state index in [2.05, 4.69) is 10.3 Å². The fourth-order valence-corrected chi connectivity index (χ4v) is 2.92. The predicted octanol–water partition coefficient (Wildman–Crippen LogP) is 1.86. The van der Waals surface area contributed by atoms with E-state index in [0.29, 0.717) is 37.4 Å². The van der Waals surface area contributed by atoms with E-state index in [-0.39, 0.29) is 17.5 Å². The van der Waals surface area contributed by atoms with Crippen LogP contribution in [0.2, 0.25) is 0 Å². The Morgan fingerprint density at radius 1 is 1.04 bits per heavy atom. The molecule has 0 aliphatic carbocycles. The number of carbonyl (C=O) groups is 3. The summed E-state index contributed by atoms with van der Waals surface area (Å²) >= 11 is 0. The molecule has 1 saturated heterocycles. The van der Waals surface area contributed by atoms with E-state index < -0.39 is 0 Å². The van der Waals surface area contributed by atoms with Crippen molar-refractivity contribution < 1.29 is 14.4 Å². The highest BCUT2D eigenvalue weighted by molar-refractivity contribution is 6.04. The number of benzene rings is 1. The molecule has 27 heavy (non-hydrogen) atoms. The number of aryl methyl sites for hydroxylation is 2. The average molecular weight is 366 g/mol. The SMILES string of the molecule is Cc1ccc(NC(=O)c2cc(C(=O)N3CCN(C=O)CC3)ccn2)cc1C. The Bertz CT molecular complexity index is 873. The number of nitrogens with zero attached hydrogens (tertiary/aromatic N) is 3. The van der Waals surface area contributed by atoms with Crippen LogP contribution in [0.1, 0.15) is 32.0 Å². The van der Waals surface area contributed by atoms with E-state index in [4.69, 9.17) is 0 Å². The molecule has 0 bridgehead atoms. The molecule has 0 radical (unpaired) electrons. The fraction of sp³-hybridized carbons (Fsp3) is 0.300. The molecule has 1 aromatic heterocycles. The van der Waals surface area contributed by atoms with Crippen LogP contribution in [0, 0.1) is 13.8 Å². The largest absolute Gasteiger partial charge is 0.342 e. The van der Waals surface area contributed by atoms with E-state index in [1.165, 1.54) is 12.3 Å². The molecule has 0 atom stereocenters. The molecule has 140 valence electrons. The van der Waals surface area contributed by atoms with Gasteiger partial charge in [-0.15, -0.1) is 0 Å². The quantitative estimate of drug-likeness (QED) is 0.838. The molecule has 1 fully saturated rings. The Labute approximate surface area is 158 Å². The summed E-state index contributed by atoms with van der Waals surface area (Å²) in [4.78, 5) is 43.4. The maximum absolute atomic E-state index is 12.7. The summed E-state index contributed by atoms with van der Waals surface area (Å²) in [5, 5.41) is 2.81. The number of piperazine rings is 1. The first-order valence-corrected chi connectivity index (χ1v) is 8.81. The monoisotopic (exact) mass is 366 g/mol. The number of nitrogens with one attached hydrogen (secondary N) is 1. The predicted molar refractivity (Wildman–Crippen MR) is 102 cm³/mol. The Morgan fingerprint density at radius 2 is 1.78 bits per heavy atom. The Hall–Kier alpha value is -3.22. The molecule has 1 aromatic carbocycles. The minimum atomic E-state index is -0.362. The lowest BCUT2D eigenvalue weighted by atomic mass is 10.1. The summed E-state index contributed by atoms with van der Waals surface area (Å²) in [7, 11) is 0. The molecule has 7 nitrogen and oxygen atoms in total. The number of carbonyl (C=O) groups excluding carboxylic acids is 3. The van der Waals surface area contributed by atoms with Crippen molar-refractivity contribution in [3.05, 3.63) is 58.9 Å². The smallest absolute Gasteiger partial charge is 0.274 e. The summed E-state index contributed by atoms with van der Waals surface area (Å²) in [6, 6.07) is 8.78. The van der Waals surface area contributed by atoms with Gasteiger partial charge in [-0.25, -0.2) is 0 Å². The van der Waals surface area contributed by atoms with E-state index in [1.807, 2.05) is 32.0 Å². The summed E-state index contributed by atoms with van der Waals surface area (Å²) in [5.74, 6) is -0.526. The molecule has 0 saturated carbocycles. The van der Waals surface area contributed by atoms with Crippen molar-refractivity contribution in [1.29, 1.82) is 0 Å². The first-order valence-electron chi connectivity index (χ1n) is 8.81. The van der Waals surface area contributed by atoms with Gasteiger partial charge < -0.3 is 15.1 Å². The maximum atomic E-state index is 12.7.